The second-order valence-corrected chi connectivity index (χ2v) is 3.87. The Morgan fingerprint density at radius 3 is 2.67 bits per heavy atom. The molecule has 1 rings (SSSR count). The van der Waals surface area contributed by atoms with Crippen LogP contribution in [0.2, 0.25) is 0 Å². The highest BCUT2D eigenvalue weighted by Crippen LogP contribution is 2.33. The summed E-state index contributed by atoms with van der Waals surface area (Å²) in [6, 6.07) is 4.20. The Balaban J connectivity index is 3.12. The number of rotatable bonds is 4. The predicted molar refractivity (Wildman–Crippen MR) is 57.4 cm³/mol. The van der Waals surface area contributed by atoms with E-state index < -0.39 is 5.60 Å². The van der Waals surface area contributed by atoms with Gasteiger partial charge in [-0.1, -0.05) is 13.3 Å². The van der Waals surface area contributed by atoms with Crippen molar-refractivity contribution in [3.05, 3.63) is 29.6 Å². The Morgan fingerprint density at radius 2 is 2.13 bits per heavy atom. The minimum Gasteiger partial charge on any atom is -0.496 e. The summed E-state index contributed by atoms with van der Waals surface area (Å²) in [5.41, 5.74) is -0.332. The molecular formula is C12H17FO2. The maximum Gasteiger partial charge on any atom is 0.127 e. The second-order valence-electron chi connectivity index (χ2n) is 3.87. The molecule has 15 heavy (non-hydrogen) atoms. The summed E-state index contributed by atoms with van der Waals surface area (Å²) in [6.45, 7) is 3.71. The molecule has 0 heterocycles. The first kappa shape index (κ1) is 12.0. The summed E-state index contributed by atoms with van der Waals surface area (Å²) in [5, 5.41) is 10.2. The Kier molecular flexibility index (Phi) is 3.69. The van der Waals surface area contributed by atoms with Crippen LogP contribution in [0.3, 0.4) is 0 Å². The Labute approximate surface area is 89.7 Å². The molecule has 84 valence electrons. The minimum atomic E-state index is -0.964. The van der Waals surface area contributed by atoms with E-state index in [1.165, 1.54) is 19.2 Å². The van der Waals surface area contributed by atoms with Gasteiger partial charge in [-0.05, 0) is 25.5 Å². The number of benzene rings is 1. The Bertz CT molecular complexity index is 334. The van der Waals surface area contributed by atoms with Crippen LogP contribution in [0.25, 0.3) is 0 Å². The predicted octanol–water partition coefficient (Wildman–Crippen LogP) is 2.84. The van der Waals surface area contributed by atoms with Gasteiger partial charge in [0.2, 0.25) is 0 Å². The molecule has 1 atom stereocenters. The van der Waals surface area contributed by atoms with Gasteiger partial charge in [0.15, 0.2) is 0 Å². The van der Waals surface area contributed by atoms with Crippen molar-refractivity contribution in [3.63, 3.8) is 0 Å². The van der Waals surface area contributed by atoms with Crippen LogP contribution in [0.1, 0.15) is 32.3 Å². The van der Waals surface area contributed by atoms with Crippen molar-refractivity contribution >= 4 is 0 Å². The maximum atomic E-state index is 12.9. The largest absolute Gasteiger partial charge is 0.496 e. The molecule has 0 fully saturated rings. The highest BCUT2D eigenvalue weighted by Gasteiger charge is 2.25. The van der Waals surface area contributed by atoms with E-state index >= 15 is 0 Å². The van der Waals surface area contributed by atoms with Gasteiger partial charge in [-0.15, -0.1) is 0 Å². The van der Waals surface area contributed by atoms with Gasteiger partial charge in [-0.2, -0.15) is 0 Å². The highest BCUT2D eigenvalue weighted by molar-refractivity contribution is 5.38. The van der Waals surface area contributed by atoms with Crippen LogP contribution in [0.5, 0.6) is 5.75 Å². The molecule has 0 saturated carbocycles. The number of methoxy groups -OCH3 is 1. The first-order chi connectivity index (χ1) is 7.01. The van der Waals surface area contributed by atoms with Crippen LogP contribution < -0.4 is 4.74 Å². The average Bonchev–Trinajstić information content (AvgIpc) is 2.17. The zero-order valence-corrected chi connectivity index (χ0v) is 9.38. The molecule has 0 aliphatic rings. The molecule has 0 saturated heterocycles. The minimum absolute atomic E-state index is 0.358. The Morgan fingerprint density at radius 1 is 1.47 bits per heavy atom. The fourth-order valence-corrected chi connectivity index (χ4v) is 1.73. The average molecular weight is 212 g/mol. The van der Waals surface area contributed by atoms with E-state index in [0.29, 0.717) is 17.7 Å². The van der Waals surface area contributed by atoms with Gasteiger partial charge >= 0.3 is 0 Å². The van der Waals surface area contributed by atoms with Crippen molar-refractivity contribution in [2.24, 2.45) is 0 Å². The molecule has 3 heteroatoms. The summed E-state index contributed by atoms with van der Waals surface area (Å²) in [6.07, 6.45) is 1.47. The molecule has 1 aromatic carbocycles. The fourth-order valence-electron chi connectivity index (χ4n) is 1.73. The third kappa shape index (κ3) is 2.69. The molecule has 0 aliphatic carbocycles. The summed E-state index contributed by atoms with van der Waals surface area (Å²) in [7, 11) is 1.47. The van der Waals surface area contributed by atoms with Crippen molar-refractivity contribution in [3.8, 4) is 5.75 Å². The van der Waals surface area contributed by atoms with E-state index in [0.717, 1.165) is 6.42 Å². The molecule has 0 bridgehead atoms. The smallest absolute Gasteiger partial charge is 0.127 e. The standard InChI is InChI=1S/C12H17FO2/c1-4-7-12(2,14)10-6-5-9(13)8-11(10)15-3/h5-6,8,14H,4,7H2,1-3H3/t12-/m1/s1. The van der Waals surface area contributed by atoms with Crippen molar-refractivity contribution in [2.75, 3.05) is 7.11 Å². The lowest BCUT2D eigenvalue weighted by Crippen LogP contribution is -2.21. The fraction of sp³-hybridized carbons (Fsp3) is 0.500. The number of hydrogen-bond donors (Lipinski definition) is 1. The van der Waals surface area contributed by atoms with Crippen LogP contribution in [0.15, 0.2) is 18.2 Å². The number of ether oxygens (including phenoxy) is 1. The molecular weight excluding hydrogens is 195 g/mol. The van der Waals surface area contributed by atoms with Gasteiger partial charge in [0, 0.05) is 11.6 Å². The summed E-state index contributed by atoms with van der Waals surface area (Å²) >= 11 is 0. The van der Waals surface area contributed by atoms with E-state index in [2.05, 4.69) is 0 Å². The third-order valence-electron chi connectivity index (χ3n) is 2.48. The first-order valence-corrected chi connectivity index (χ1v) is 5.07. The molecule has 1 aromatic rings. The van der Waals surface area contributed by atoms with E-state index in [-0.39, 0.29) is 5.82 Å². The maximum absolute atomic E-state index is 12.9. The Hall–Kier alpha value is -1.09. The van der Waals surface area contributed by atoms with E-state index in [1.54, 1.807) is 13.0 Å². The van der Waals surface area contributed by atoms with Crippen LogP contribution in [0.4, 0.5) is 4.39 Å². The number of halogens is 1. The molecule has 0 radical (unpaired) electrons. The van der Waals surface area contributed by atoms with Gasteiger partial charge in [-0.3, -0.25) is 0 Å². The van der Waals surface area contributed by atoms with E-state index in [1.807, 2.05) is 6.92 Å². The lowest BCUT2D eigenvalue weighted by molar-refractivity contribution is 0.0444. The zero-order chi connectivity index (χ0) is 11.5. The molecule has 1 N–H and O–H groups in total. The molecule has 0 unspecified atom stereocenters. The molecule has 2 nitrogen and oxygen atoms in total. The zero-order valence-electron chi connectivity index (χ0n) is 9.38. The lowest BCUT2D eigenvalue weighted by atomic mass is 9.90. The molecule has 0 spiro atoms. The van der Waals surface area contributed by atoms with Crippen LogP contribution in [-0.4, -0.2) is 12.2 Å². The topological polar surface area (TPSA) is 29.5 Å². The summed E-state index contributed by atoms with van der Waals surface area (Å²) < 4.78 is 18.0. The van der Waals surface area contributed by atoms with Crippen molar-refractivity contribution in [2.45, 2.75) is 32.3 Å². The van der Waals surface area contributed by atoms with Crippen molar-refractivity contribution < 1.29 is 14.2 Å². The second kappa shape index (κ2) is 4.62. The van der Waals surface area contributed by atoms with Gasteiger partial charge in [0.1, 0.15) is 11.6 Å². The lowest BCUT2D eigenvalue weighted by Gasteiger charge is -2.25. The van der Waals surface area contributed by atoms with Gasteiger partial charge < -0.3 is 9.84 Å². The van der Waals surface area contributed by atoms with Gasteiger partial charge in [0.05, 0.1) is 12.7 Å². The highest BCUT2D eigenvalue weighted by atomic mass is 19.1. The number of hydrogen-bond acceptors (Lipinski definition) is 2. The summed E-state index contributed by atoms with van der Waals surface area (Å²) in [4.78, 5) is 0. The SMILES string of the molecule is CCC[C@@](C)(O)c1ccc(F)cc1OC. The molecule has 0 aliphatic heterocycles. The third-order valence-corrected chi connectivity index (χ3v) is 2.48. The normalized spacial score (nSPS) is 14.7. The first-order valence-electron chi connectivity index (χ1n) is 5.07. The van der Waals surface area contributed by atoms with Crippen molar-refractivity contribution in [1.29, 1.82) is 0 Å². The van der Waals surface area contributed by atoms with Crippen molar-refractivity contribution in [1.82, 2.24) is 0 Å². The quantitative estimate of drug-likeness (QED) is 0.831. The van der Waals surface area contributed by atoms with Gasteiger partial charge in [-0.25, -0.2) is 4.39 Å². The monoisotopic (exact) mass is 212 g/mol. The van der Waals surface area contributed by atoms with Crippen LogP contribution in [-0.2, 0) is 5.60 Å². The van der Waals surface area contributed by atoms with Crippen LogP contribution >= 0.6 is 0 Å². The number of aliphatic hydroxyl groups is 1. The van der Waals surface area contributed by atoms with E-state index in [9.17, 15) is 9.50 Å². The molecule has 0 aromatic heterocycles. The van der Waals surface area contributed by atoms with Gasteiger partial charge in [0.25, 0.3) is 0 Å². The summed E-state index contributed by atoms with van der Waals surface area (Å²) in [5.74, 6) is 0.0383. The van der Waals surface area contributed by atoms with E-state index in [4.69, 9.17) is 4.74 Å². The van der Waals surface area contributed by atoms with Crippen LogP contribution in [0, 0.1) is 5.82 Å². The molecule has 0 amide bonds.